The molecule has 1 saturated heterocycles. The predicted molar refractivity (Wildman–Crippen MR) is 78.2 cm³/mol. The summed E-state index contributed by atoms with van der Waals surface area (Å²) in [4.78, 5) is 14.9. The molecule has 0 spiro atoms. The first-order valence-corrected chi connectivity index (χ1v) is 7.19. The Balaban J connectivity index is 2.00. The Labute approximate surface area is 120 Å². The molecule has 6 heteroatoms. The first-order chi connectivity index (χ1) is 9.15. The molecule has 2 N–H and O–H groups in total. The number of piperidine rings is 1. The number of aromatic nitrogens is 2. The highest BCUT2D eigenvalue weighted by atomic mass is 35.5. The highest BCUT2D eigenvalue weighted by molar-refractivity contribution is 6.42. The molecule has 0 amide bonds. The van der Waals surface area contributed by atoms with Crippen LogP contribution in [0.1, 0.15) is 12.8 Å². The van der Waals surface area contributed by atoms with Crippen molar-refractivity contribution in [2.75, 3.05) is 13.1 Å². The second-order valence-electron chi connectivity index (χ2n) is 5.04. The van der Waals surface area contributed by atoms with Crippen LogP contribution in [0.5, 0.6) is 0 Å². The zero-order chi connectivity index (χ0) is 13.4. The van der Waals surface area contributed by atoms with E-state index in [1.807, 2.05) is 0 Å². The van der Waals surface area contributed by atoms with Gasteiger partial charge in [-0.1, -0.05) is 23.2 Å². The molecular formula is C13H15Cl2N3O. The number of hydrogen-bond acceptors (Lipinski definition) is 2. The molecule has 2 heterocycles. The smallest absolute Gasteiger partial charge is 0.316 e. The van der Waals surface area contributed by atoms with Gasteiger partial charge in [0.15, 0.2) is 0 Å². The Hall–Kier alpha value is -0.970. The molecule has 1 aliphatic rings. The minimum atomic E-state index is -0.0982. The molecule has 1 unspecified atom stereocenters. The number of rotatable bonds is 2. The Morgan fingerprint density at radius 2 is 2.11 bits per heavy atom. The molecule has 1 aromatic carbocycles. The predicted octanol–water partition coefficient (Wildman–Crippen LogP) is 2.64. The summed E-state index contributed by atoms with van der Waals surface area (Å²) in [6, 6.07) is 3.46. The van der Waals surface area contributed by atoms with E-state index in [0.717, 1.165) is 37.0 Å². The minimum absolute atomic E-state index is 0.0982. The van der Waals surface area contributed by atoms with Crippen LogP contribution < -0.4 is 11.0 Å². The number of nitrogens with zero attached hydrogens (tertiary/aromatic N) is 1. The lowest BCUT2D eigenvalue weighted by molar-refractivity contribution is 0.337. The molecule has 1 aliphatic heterocycles. The number of nitrogens with one attached hydrogen (secondary N) is 2. The van der Waals surface area contributed by atoms with Crippen LogP contribution in [0.25, 0.3) is 11.0 Å². The number of hydrogen-bond donors (Lipinski definition) is 2. The quantitative estimate of drug-likeness (QED) is 0.896. The first kappa shape index (κ1) is 13.0. The van der Waals surface area contributed by atoms with Crippen molar-refractivity contribution in [3.63, 3.8) is 0 Å². The van der Waals surface area contributed by atoms with Crippen molar-refractivity contribution in [2.45, 2.75) is 19.4 Å². The summed E-state index contributed by atoms with van der Waals surface area (Å²) in [5.41, 5.74) is 1.46. The van der Waals surface area contributed by atoms with Crippen LogP contribution in [0.3, 0.4) is 0 Å². The van der Waals surface area contributed by atoms with E-state index in [1.165, 1.54) is 0 Å². The fourth-order valence-electron chi connectivity index (χ4n) is 2.67. The van der Waals surface area contributed by atoms with Crippen LogP contribution in [-0.4, -0.2) is 22.6 Å². The average molecular weight is 300 g/mol. The van der Waals surface area contributed by atoms with E-state index in [0.29, 0.717) is 22.5 Å². The lowest BCUT2D eigenvalue weighted by atomic mass is 10.00. The molecule has 1 atom stereocenters. The topological polar surface area (TPSA) is 49.8 Å². The lowest BCUT2D eigenvalue weighted by Crippen LogP contribution is -2.34. The van der Waals surface area contributed by atoms with Crippen molar-refractivity contribution in [2.24, 2.45) is 5.92 Å². The molecule has 19 heavy (non-hydrogen) atoms. The van der Waals surface area contributed by atoms with Crippen molar-refractivity contribution in [3.05, 3.63) is 32.7 Å². The Morgan fingerprint density at radius 3 is 2.84 bits per heavy atom. The highest BCUT2D eigenvalue weighted by Gasteiger charge is 2.17. The average Bonchev–Trinajstić information content (AvgIpc) is 2.68. The van der Waals surface area contributed by atoms with Gasteiger partial charge in [-0.2, -0.15) is 0 Å². The second kappa shape index (κ2) is 5.19. The van der Waals surface area contributed by atoms with E-state index in [4.69, 9.17) is 23.2 Å². The van der Waals surface area contributed by atoms with E-state index >= 15 is 0 Å². The number of aromatic amines is 1. The Bertz CT molecular complexity index is 656. The maximum atomic E-state index is 12.0. The van der Waals surface area contributed by atoms with Crippen molar-refractivity contribution in [1.82, 2.24) is 14.9 Å². The summed E-state index contributed by atoms with van der Waals surface area (Å²) < 4.78 is 1.76. The molecule has 1 fully saturated rings. The van der Waals surface area contributed by atoms with Gasteiger partial charge in [0.05, 0.1) is 21.1 Å². The number of imidazole rings is 1. The zero-order valence-corrected chi connectivity index (χ0v) is 11.9. The SMILES string of the molecule is O=c1[nH]c2cc(Cl)c(Cl)cc2n1CC1CCCNC1. The summed E-state index contributed by atoms with van der Waals surface area (Å²) in [7, 11) is 0. The summed E-state index contributed by atoms with van der Waals surface area (Å²) in [5.74, 6) is 0.486. The summed E-state index contributed by atoms with van der Waals surface area (Å²) >= 11 is 12.0. The third-order valence-corrected chi connectivity index (χ3v) is 4.38. The first-order valence-electron chi connectivity index (χ1n) is 6.43. The van der Waals surface area contributed by atoms with Gasteiger partial charge in [0, 0.05) is 6.54 Å². The molecule has 4 nitrogen and oxygen atoms in total. The van der Waals surface area contributed by atoms with Gasteiger partial charge < -0.3 is 10.3 Å². The van der Waals surface area contributed by atoms with Crippen LogP contribution in [-0.2, 0) is 6.54 Å². The molecule has 2 aromatic rings. The zero-order valence-electron chi connectivity index (χ0n) is 10.4. The maximum Gasteiger partial charge on any atom is 0.326 e. The van der Waals surface area contributed by atoms with Crippen LogP contribution in [0.15, 0.2) is 16.9 Å². The van der Waals surface area contributed by atoms with Crippen molar-refractivity contribution < 1.29 is 0 Å². The van der Waals surface area contributed by atoms with Gasteiger partial charge in [0.1, 0.15) is 0 Å². The summed E-state index contributed by atoms with van der Waals surface area (Å²) in [5, 5.41) is 4.30. The normalized spacial score (nSPS) is 20.0. The highest BCUT2D eigenvalue weighted by Crippen LogP contribution is 2.27. The minimum Gasteiger partial charge on any atom is -0.316 e. The molecule has 0 radical (unpaired) electrons. The molecule has 0 aliphatic carbocycles. The van der Waals surface area contributed by atoms with E-state index in [9.17, 15) is 4.79 Å². The third kappa shape index (κ3) is 2.53. The number of halogens is 2. The van der Waals surface area contributed by atoms with Gasteiger partial charge in [-0.05, 0) is 44.0 Å². The monoisotopic (exact) mass is 299 g/mol. The van der Waals surface area contributed by atoms with Gasteiger partial charge in [-0.3, -0.25) is 4.57 Å². The third-order valence-electron chi connectivity index (χ3n) is 3.66. The van der Waals surface area contributed by atoms with Crippen LogP contribution in [0.4, 0.5) is 0 Å². The van der Waals surface area contributed by atoms with Gasteiger partial charge in [-0.15, -0.1) is 0 Å². The van der Waals surface area contributed by atoms with Crippen LogP contribution in [0.2, 0.25) is 10.0 Å². The van der Waals surface area contributed by atoms with E-state index in [-0.39, 0.29) is 5.69 Å². The van der Waals surface area contributed by atoms with E-state index < -0.39 is 0 Å². The Morgan fingerprint density at radius 1 is 1.32 bits per heavy atom. The number of fused-ring (bicyclic) bond motifs is 1. The van der Waals surface area contributed by atoms with Crippen molar-refractivity contribution in [3.8, 4) is 0 Å². The molecule has 0 bridgehead atoms. The van der Waals surface area contributed by atoms with Crippen molar-refractivity contribution >= 4 is 34.2 Å². The van der Waals surface area contributed by atoms with Gasteiger partial charge in [0.2, 0.25) is 0 Å². The molecule has 1 aromatic heterocycles. The number of benzene rings is 1. The molecule has 3 rings (SSSR count). The fourth-order valence-corrected chi connectivity index (χ4v) is 2.99. The van der Waals surface area contributed by atoms with Gasteiger partial charge >= 0.3 is 5.69 Å². The van der Waals surface area contributed by atoms with Gasteiger partial charge in [0.25, 0.3) is 0 Å². The molecular weight excluding hydrogens is 285 g/mol. The lowest BCUT2D eigenvalue weighted by Gasteiger charge is -2.22. The van der Waals surface area contributed by atoms with E-state index in [1.54, 1.807) is 16.7 Å². The Kier molecular flexibility index (Phi) is 3.56. The van der Waals surface area contributed by atoms with Crippen LogP contribution >= 0.6 is 23.2 Å². The van der Waals surface area contributed by atoms with E-state index in [2.05, 4.69) is 10.3 Å². The largest absolute Gasteiger partial charge is 0.326 e. The number of H-pyrrole nitrogens is 1. The van der Waals surface area contributed by atoms with Gasteiger partial charge in [-0.25, -0.2) is 4.79 Å². The molecule has 102 valence electrons. The standard InChI is InChI=1S/C13H15Cl2N3O/c14-9-4-11-12(5-10(9)15)18(13(19)17-11)7-8-2-1-3-16-6-8/h4-5,8,16H,1-3,6-7H2,(H,17,19). The van der Waals surface area contributed by atoms with Crippen molar-refractivity contribution in [1.29, 1.82) is 0 Å². The maximum absolute atomic E-state index is 12.0. The molecule has 0 saturated carbocycles. The second-order valence-corrected chi connectivity index (χ2v) is 5.85. The fraction of sp³-hybridized carbons (Fsp3) is 0.462. The summed E-state index contributed by atoms with van der Waals surface area (Å²) in [6.45, 7) is 2.74. The van der Waals surface area contributed by atoms with Crippen LogP contribution in [0, 0.1) is 5.92 Å². The summed E-state index contributed by atoms with van der Waals surface area (Å²) in [6.07, 6.45) is 2.31.